The molecule has 6 nitrogen and oxygen atoms in total. The highest BCUT2D eigenvalue weighted by molar-refractivity contribution is 6.90. The van der Waals surface area contributed by atoms with Crippen molar-refractivity contribution in [1.29, 1.82) is 0 Å². The van der Waals surface area contributed by atoms with Gasteiger partial charge in [-0.05, 0) is 23.7 Å². The van der Waals surface area contributed by atoms with Crippen molar-refractivity contribution in [2.24, 2.45) is 0 Å². The monoisotopic (exact) mass is 438 g/mol. The molecule has 5 rings (SSSR count). The number of esters is 1. The molecule has 1 aromatic carbocycles. The maximum Gasteiger partial charge on any atom is 0.345 e. The van der Waals surface area contributed by atoms with Gasteiger partial charge in [-0.2, -0.15) is 4.39 Å². The first-order valence-electron chi connectivity index (χ1n) is 10.4. The van der Waals surface area contributed by atoms with Crippen LogP contribution in [0.5, 0.6) is 0 Å². The zero-order chi connectivity index (χ0) is 22.3. The molecule has 160 valence electrons. The van der Waals surface area contributed by atoms with Gasteiger partial charge in [-0.25, -0.2) is 9.78 Å². The minimum absolute atomic E-state index is 0.0248. The van der Waals surface area contributed by atoms with Crippen molar-refractivity contribution in [2.75, 3.05) is 0 Å². The van der Waals surface area contributed by atoms with E-state index in [-0.39, 0.29) is 24.1 Å². The number of benzene rings is 1. The van der Waals surface area contributed by atoms with E-state index < -0.39 is 31.6 Å². The van der Waals surface area contributed by atoms with Crippen molar-refractivity contribution < 1.29 is 19.0 Å². The van der Waals surface area contributed by atoms with Crippen LogP contribution in [0.4, 0.5) is 4.39 Å². The fraction of sp³-hybridized carbons (Fsp3) is 0.348. The summed E-state index contributed by atoms with van der Waals surface area (Å²) in [6, 6.07) is 9.68. The van der Waals surface area contributed by atoms with Crippen LogP contribution in [-0.2, 0) is 21.7 Å². The number of para-hydroxylation sites is 1. The second-order valence-electron chi connectivity index (χ2n) is 9.31. The summed E-state index contributed by atoms with van der Waals surface area (Å²) in [5.41, 5.74) is -0.140. The Balaban J connectivity index is 1.82. The maximum atomic E-state index is 14.6. The van der Waals surface area contributed by atoms with E-state index in [1.165, 1.54) is 15.8 Å². The highest BCUT2D eigenvalue weighted by Gasteiger charge is 2.49. The first-order valence-corrected chi connectivity index (χ1v) is 13.9. The molecular formula is C23H23FN2O4Si. The van der Waals surface area contributed by atoms with Crippen molar-refractivity contribution >= 4 is 30.1 Å². The van der Waals surface area contributed by atoms with Gasteiger partial charge < -0.3 is 14.4 Å². The van der Waals surface area contributed by atoms with Crippen LogP contribution in [0.1, 0.15) is 36.4 Å². The molecule has 0 unspecified atom stereocenters. The van der Waals surface area contributed by atoms with E-state index >= 15 is 0 Å². The summed E-state index contributed by atoms with van der Waals surface area (Å²) in [6.45, 7) is 8.59. The van der Waals surface area contributed by atoms with Crippen LogP contribution in [0.2, 0.25) is 19.6 Å². The van der Waals surface area contributed by atoms with Crippen LogP contribution < -0.4 is 10.7 Å². The molecular weight excluding hydrogens is 415 g/mol. The lowest BCUT2D eigenvalue weighted by Gasteiger charge is -2.33. The molecule has 2 aromatic heterocycles. The van der Waals surface area contributed by atoms with E-state index in [9.17, 15) is 19.1 Å². The van der Waals surface area contributed by atoms with Gasteiger partial charge in [0.25, 0.3) is 11.9 Å². The molecule has 1 N–H and O–H groups in total. The molecule has 0 fully saturated rings. The first kappa shape index (κ1) is 20.1. The van der Waals surface area contributed by atoms with Crippen LogP contribution in [0.3, 0.4) is 0 Å². The standard InChI is InChI=1S/C23H23FN2O4Si/c1-5-23(29)14-10-15-18-13(11-26(15)21(27)17(14)20(24)30-22(23)28)9-12-7-6-8-16(19(12)25-18)31(2,3)4/h6-10,20,29H,5,11H2,1-4H3/t20-,23+/m1/s1. The summed E-state index contributed by atoms with van der Waals surface area (Å²) in [5.74, 6) is -1.08. The number of pyridine rings is 2. The number of carbonyl (C=O) groups is 1. The highest BCUT2D eigenvalue weighted by Crippen LogP contribution is 2.42. The third kappa shape index (κ3) is 2.67. The Labute approximate surface area is 179 Å². The second kappa shape index (κ2) is 6.33. The summed E-state index contributed by atoms with van der Waals surface area (Å²) in [6.07, 6.45) is -2.24. The minimum atomic E-state index is -2.20. The van der Waals surface area contributed by atoms with Gasteiger partial charge in [0, 0.05) is 16.5 Å². The van der Waals surface area contributed by atoms with Crippen LogP contribution in [0, 0.1) is 0 Å². The van der Waals surface area contributed by atoms with Gasteiger partial charge in [-0.1, -0.05) is 44.8 Å². The van der Waals surface area contributed by atoms with E-state index in [0.717, 1.165) is 16.5 Å². The first-order chi connectivity index (χ1) is 14.6. The van der Waals surface area contributed by atoms with Crippen molar-refractivity contribution in [3.8, 4) is 11.4 Å². The fourth-order valence-corrected chi connectivity index (χ4v) is 6.14. The van der Waals surface area contributed by atoms with E-state index in [2.05, 4.69) is 30.4 Å². The Kier molecular flexibility index (Phi) is 4.10. The van der Waals surface area contributed by atoms with Crippen molar-refractivity contribution in [3.63, 3.8) is 0 Å². The van der Waals surface area contributed by atoms with Gasteiger partial charge in [0.1, 0.15) is 0 Å². The number of ether oxygens (including phenoxy) is 1. The number of aliphatic hydroxyl groups is 1. The second-order valence-corrected chi connectivity index (χ2v) is 14.3. The number of nitrogens with zero attached hydrogens (tertiary/aromatic N) is 2. The maximum absolute atomic E-state index is 14.6. The average molecular weight is 439 g/mol. The molecule has 0 saturated carbocycles. The van der Waals surface area contributed by atoms with Crippen LogP contribution in [0.25, 0.3) is 22.3 Å². The Bertz CT molecular complexity index is 1340. The lowest BCUT2D eigenvalue weighted by Crippen LogP contribution is -2.45. The fourth-order valence-electron chi connectivity index (χ4n) is 4.63. The quantitative estimate of drug-likeness (QED) is 0.384. The summed E-state index contributed by atoms with van der Waals surface area (Å²) in [4.78, 5) is 30.4. The van der Waals surface area contributed by atoms with Gasteiger partial charge >= 0.3 is 5.97 Å². The Morgan fingerprint density at radius 3 is 2.71 bits per heavy atom. The lowest BCUT2D eigenvalue weighted by molar-refractivity contribution is -0.188. The molecule has 0 spiro atoms. The number of aromatic nitrogens is 2. The number of fused-ring (bicyclic) bond motifs is 5. The smallest absolute Gasteiger partial charge is 0.345 e. The number of hydrogen-bond donors (Lipinski definition) is 1. The Hall–Kier alpha value is -2.84. The minimum Gasteiger partial charge on any atom is -0.424 e. The van der Waals surface area contributed by atoms with Gasteiger partial charge in [0.05, 0.1) is 37.1 Å². The molecule has 2 atom stereocenters. The Morgan fingerprint density at radius 2 is 2.03 bits per heavy atom. The van der Waals surface area contributed by atoms with E-state index in [0.29, 0.717) is 11.4 Å². The van der Waals surface area contributed by atoms with Gasteiger partial charge in [0.15, 0.2) is 5.60 Å². The Morgan fingerprint density at radius 1 is 1.29 bits per heavy atom. The van der Waals surface area contributed by atoms with Crippen molar-refractivity contribution in [3.05, 3.63) is 57.4 Å². The van der Waals surface area contributed by atoms with Crippen molar-refractivity contribution in [2.45, 2.75) is 51.5 Å². The van der Waals surface area contributed by atoms with E-state index in [1.54, 1.807) is 6.92 Å². The van der Waals surface area contributed by atoms with E-state index in [4.69, 9.17) is 4.98 Å². The lowest BCUT2D eigenvalue weighted by atomic mass is 9.85. The van der Waals surface area contributed by atoms with Crippen LogP contribution in [-0.4, -0.2) is 28.7 Å². The number of rotatable bonds is 2. The number of hydrogen-bond acceptors (Lipinski definition) is 5. The molecule has 2 aliphatic heterocycles. The van der Waals surface area contributed by atoms with Gasteiger partial charge in [-0.3, -0.25) is 4.79 Å². The number of carbonyl (C=O) groups excluding carboxylic acids is 1. The molecule has 0 amide bonds. The van der Waals surface area contributed by atoms with Crippen LogP contribution in [0.15, 0.2) is 35.1 Å². The highest BCUT2D eigenvalue weighted by atomic mass is 28.3. The summed E-state index contributed by atoms with van der Waals surface area (Å²) in [7, 11) is -1.69. The summed E-state index contributed by atoms with van der Waals surface area (Å²) >= 11 is 0. The molecule has 4 heterocycles. The normalized spacial score (nSPS) is 22.1. The largest absolute Gasteiger partial charge is 0.424 e. The zero-order valence-corrected chi connectivity index (χ0v) is 18.8. The molecule has 0 bridgehead atoms. The number of halogens is 1. The number of alkyl halides is 1. The summed E-state index contributed by atoms with van der Waals surface area (Å²) < 4.78 is 20.7. The predicted octanol–water partition coefficient (Wildman–Crippen LogP) is 3.09. The topological polar surface area (TPSA) is 81.4 Å². The molecule has 0 radical (unpaired) electrons. The molecule has 0 saturated heterocycles. The van der Waals surface area contributed by atoms with E-state index in [1.807, 2.05) is 18.2 Å². The molecule has 31 heavy (non-hydrogen) atoms. The van der Waals surface area contributed by atoms with Gasteiger partial charge in [0.2, 0.25) is 0 Å². The van der Waals surface area contributed by atoms with Gasteiger partial charge in [-0.15, -0.1) is 0 Å². The molecule has 3 aromatic rings. The molecule has 2 aliphatic rings. The predicted molar refractivity (Wildman–Crippen MR) is 118 cm³/mol. The average Bonchev–Trinajstić information content (AvgIpc) is 3.07. The van der Waals surface area contributed by atoms with Crippen LogP contribution >= 0.6 is 0 Å². The molecule has 8 heteroatoms. The third-order valence-corrected chi connectivity index (χ3v) is 8.39. The zero-order valence-electron chi connectivity index (χ0n) is 17.8. The third-order valence-electron chi connectivity index (χ3n) is 6.37. The SMILES string of the molecule is CC[C@@]1(O)C(=O)O[C@@H](F)c2c1cc1n(c2=O)Cc2cc3cccc([Si](C)(C)C)c3nc2-1. The summed E-state index contributed by atoms with van der Waals surface area (Å²) in [5, 5.41) is 13.1. The molecule has 0 aliphatic carbocycles. The number of cyclic esters (lactones) is 1. The van der Waals surface area contributed by atoms with Crippen molar-refractivity contribution in [1.82, 2.24) is 9.55 Å².